The van der Waals surface area contributed by atoms with Crippen LogP contribution in [-0.2, 0) is 9.59 Å². The average molecular weight is 655 g/mol. The number of hydrogen-bond donors (Lipinski definition) is 2. The summed E-state index contributed by atoms with van der Waals surface area (Å²) in [5.41, 5.74) is 2.35. The summed E-state index contributed by atoms with van der Waals surface area (Å²) in [5, 5.41) is 12.7. The van der Waals surface area contributed by atoms with Gasteiger partial charge in [-0.25, -0.2) is 9.79 Å². The van der Waals surface area contributed by atoms with Crippen LogP contribution in [0.3, 0.4) is 0 Å². The number of carboxylic acid groups (broad SMARTS) is 1. The second-order valence-electron chi connectivity index (χ2n) is 5.86. The summed E-state index contributed by atoms with van der Waals surface area (Å²) >= 11 is 11.5. The summed E-state index contributed by atoms with van der Waals surface area (Å²) in [7, 11) is 0. The number of carbonyl (C=O) groups excluding carboxylic acids is 1. The molecule has 0 aliphatic carbocycles. The highest BCUT2D eigenvalue weighted by atomic mass is 127. The number of aliphatic carboxylic acids is 1. The molecule has 1 fully saturated rings. The van der Waals surface area contributed by atoms with Crippen molar-refractivity contribution in [3.05, 3.63) is 58.5 Å². The summed E-state index contributed by atoms with van der Waals surface area (Å²) in [5.74, 6) is -0.758. The molecule has 1 aliphatic heterocycles. The third-order valence-electron chi connectivity index (χ3n) is 3.77. The van der Waals surface area contributed by atoms with Gasteiger partial charge in [0, 0.05) is 5.02 Å². The monoisotopic (exact) mass is 654 g/mol. The molecule has 1 saturated heterocycles. The Balaban J connectivity index is 1.84. The van der Waals surface area contributed by atoms with Crippen molar-refractivity contribution in [1.29, 1.82) is 0 Å². The maximum atomic E-state index is 12.3. The van der Waals surface area contributed by atoms with Crippen LogP contribution in [0.2, 0.25) is 5.02 Å². The summed E-state index contributed by atoms with van der Waals surface area (Å²) in [6.07, 6.45) is 1.76. The molecule has 0 aromatic heterocycles. The average Bonchev–Trinajstić information content (AvgIpc) is 2.97. The van der Waals surface area contributed by atoms with Gasteiger partial charge >= 0.3 is 5.97 Å². The molecule has 29 heavy (non-hydrogen) atoms. The fourth-order valence-corrected chi connectivity index (χ4v) is 5.53. The van der Waals surface area contributed by atoms with Gasteiger partial charge in [-0.05, 0) is 105 Å². The molecule has 0 unspecified atom stereocenters. The number of benzene rings is 2. The van der Waals surface area contributed by atoms with Crippen LogP contribution in [0, 0.1) is 14.1 Å². The number of aliphatic imine (C=N–C) groups is 1. The summed E-state index contributed by atoms with van der Waals surface area (Å²) in [6.45, 7) is 1.46. The van der Waals surface area contributed by atoms with Crippen LogP contribution in [0.4, 0.5) is 5.69 Å². The fourth-order valence-electron chi connectivity index (χ4n) is 2.39. The largest absolute Gasteiger partial charge is 0.480 e. The maximum Gasteiger partial charge on any atom is 0.341 e. The number of thioether (sulfide) groups is 1. The smallest absolute Gasteiger partial charge is 0.341 e. The molecule has 2 aromatic carbocycles. The summed E-state index contributed by atoms with van der Waals surface area (Å²) in [6, 6.07) is 9.10. The summed E-state index contributed by atoms with van der Waals surface area (Å²) in [4.78, 5) is 28.1. The standard InChI is InChI=1S/C19H13ClI2N2O4S/c1-9-11(20)3-2-4-14(9)23-19-24-18(27)15(29-19)7-10-5-12(21)17(13(22)6-10)28-8-16(25)26/h2-7H,8H2,1H3,(H,25,26)(H,23,24,27)/b15-7-. The molecule has 0 radical (unpaired) electrons. The van der Waals surface area contributed by atoms with E-state index in [0.717, 1.165) is 18.3 Å². The van der Waals surface area contributed by atoms with Crippen LogP contribution >= 0.6 is 68.5 Å². The Bertz CT molecular complexity index is 1050. The predicted molar refractivity (Wildman–Crippen MR) is 132 cm³/mol. The predicted octanol–water partition coefficient (Wildman–Crippen LogP) is 5.21. The first-order valence-corrected chi connectivity index (χ1v) is 11.5. The van der Waals surface area contributed by atoms with E-state index in [1.807, 2.05) is 31.2 Å². The number of carboxylic acids is 1. The van der Waals surface area contributed by atoms with Crippen molar-refractivity contribution in [2.24, 2.45) is 4.99 Å². The van der Waals surface area contributed by atoms with Gasteiger partial charge in [0.2, 0.25) is 0 Å². The van der Waals surface area contributed by atoms with E-state index in [4.69, 9.17) is 21.4 Å². The third kappa shape index (κ3) is 5.64. The van der Waals surface area contributed by atoms with E-state index in [-0.39, 0.29) is 5.91 Å². The number of nitrogens with zero attached hydrogens (tertiary/aromatic N) is 1. The van der Waals surface area contributed by atoms with Gasteiger partial charge in [0.15, 0.2) is 11.8 Å². The molecule has 1 amide bonds. The molecule has 2 N–H and O–H groups in total. The number of carbonyl (C=O) groups is 2. The third-order valence-corrected chi connectivity index (χ3v) is 6.69. The van der Waals surface area contributed by atoms with Gasteiger partial charge in [0.05, 0.1) is 17.7 Å². The molecule has 0 bridgehead atoms. The fraction of sp³-hybridized carbons (Fsp3) is 0.105. The van der Waals surface area contributed by atoms with Crippen LogP contribution in [-0.4, -0.2) is 28.8 Å². The quantitative estimate of drug-likeness (QED) is 0.342. The topological polar surface area (TPSA) is 88.0 Å². The first kappa shape index (κ1) is 22.4. The van der Waals surface area contributed by atoms with Gasteiger partial charge in [-0.2, -0.15) is 0 Å². The van der Waals surface area contributed by atoms with Crippen molar-refractivity contribution >= 4 is 97.4 Å². The molecule has 0 atom stereocenters. The van der Waals surface area contributed by atoms with Gasteiger partial charge in [0.1, 0.15) is 5.75 Å². The minimum Gasteiger partial charge on any atom is -0.480 e. The van der Waals surface area contributed by atoms with Gasteiger partial charge in [0.25, 0.3) is 5.91 Å². The van der Waals surface area contributed by atoms with Crippen LogP contribution in [0.25, 0.3) is 6.08 Å². The Hall–Kier alpha value is -1.31. The lowest BCUT2D eigenvalue weighted by Crippen LogP contribution is -2.19. The van der Waals surface area contributed by atoms with Crippen molar-refractivity contribution in [1.82, 2.24) is 5.32 Å². The van der Waals surface area contributed by atoms with Crippen LogP contribution in [0.1, 0.15) is 11.1 Å². The van der Waals surface area contributed by atoms with Gasteiger partial charge in [-0.15, -0.1) is 0 Å². The number of rotatable bonds is 5. The van der Waals surface area contributed by atoms with Crippen molar-refractivity contribution in [2.75, 3.05) is 6.61 Å². The molecule has 1 heterocycles. The van der Waals surface area contributed by atoms with Crippen molar-refractivity contribution < 1.29 is 19.4 Å². The van der Waals surface area contributed by atoms with Crippen LogP contribution < -0.4 is 10.1 Å². The Morgan fingerprint density at radius 2 is 2.03 bits per heavy atom. The molecule has 2 aromatic rings. The zero-order valence-electron chi connectivity index (χ0n) is 14.8. The lowest BCUT2D eigenvalue weighted by atomic mass is 10.2. The number of amides is 1. The van der Waals surface area contributed by atoms with Crippen molar-refractivity contribution in [2.45, 2.75) is 6.92 Å². The minimum absolute atomic E-state index is 0.232. The molecule has 3 rings (SSSR count). The van der Waals surface area contributed by atoms with Gasteiger partial charge < -0.3 is 15.2 Å². The second kappa shape index (κ2) is 9.67. The van der Waals surface area contributed by atoms with E-state index in [0.29, 0.717) is 26.5 Å². The highest BCUT2D eigenvalue weighted by molar-refractivity contribution is 14.1. The Morgan fingerprint density at radius 3 is 2.69 bits per heavy atom. The summed E-state index contributed by atoms with van der Waals surface area (Å²) < 4.78 is 6.85. The van der Waals surface area contributed by atoms with Gasteiger partial charge in [-0.3, -0.25) is 4.79 Å². The van der Waals surface area contributed by atoms with E-state index in [9.17, 15) is 9.59 Å². The molecule has 6 nitrogen and oxygen atoms in total. The molecular weight excluding hydrogens is 642 g/mol. The van der Waals surface area contributed by atoms with Crippen LogP contribution in [0.15, 0.2) is 40.2 Å². The number of ether oxygens (including phenoxy) is 1. The lowest BCUT2D eigenvalue weighted by molar-refractivity contribution is -0.139. The Kier molecular flexibility index (Phi) is 7.46. The lowest BCUT2D eigenvalue weighted by Gasteiger charge is -2.09. The SMILES string of the molecule is Cc1c(Cl)cccc1N=C1NC(=O)/C(=C/c2cc(I)c(OCC(=O)O)c(I)c2)S1. The number of hydrogen-bond acceptors (Lipinski definition) is 5. The van der Waals surface area contributed by atoms with Crippen molar-refractivity contribution in [3.8, 4) is 5.75 Å². The van der Waals surface area contributed by atoms with E-state index in [1.54, 1.807) is 12.1 Å². The second-order valence-corrected chi connectivity index (χ2v) is 9.62. The molecule has 0 spiro atoms. The zero-order chi connectivity index (χ0) is 21.1. The Labute approximate surface area is 203 Å². The maximum absolute atomic E-state index is 12.3. The van der Waals surface area contributed by atoms with E-state index < -0.39 is 12.6 Å². The van der Waals surface area contributed by atoms with E-state index in [1.165, 1.54) is 11.8 Å². The highest BCUT2D eigenvalue weighted by Crippen LogP contribution is 2.33. The number of halogens is 3. The Morgan fingerprint density at radius 1 is 1.34 bits per heavy atom. The first-order chi connectivity index (χ1) is 13.7. The van der Waals surface area contributed by atoms with E-state index >= 15 is 0 Å². The molecular formula is C19H13ClI2N2O4S. The van der Waals surface area contributed by atoms with E-state index in [2.05, 4.69) is 55.5 Å². The number of amidine groups is 1. The molecule has 150 valence electrons. The number of nitrogens with one attached hydrogen (secondary N) is 1. The van der Waals surface area contributed by atoms with Crippen LogP contribution in [0.5, 0.6) is 5.75 Å². The zero-order valence-corrected chi connectivity index (χ0v) is 20.7. The molecule has 0 saturated carbocycles. The highest BCUT2D eigenvalue weighted by Gasteiger charge is 2.24. The normalized spacial score (nSPS) is 16.3. The minimum atomic E-state index is -1.04. The van der Waals surface area contributed by atoms with Gasteiger partial charge in [-0.1, -0.05) is 17.7 Å². The molecule has 10 heteroatoms. The molecule has 1 aliphatic rings. The first-order valence-electron chi connectivity index (χ1n) is 8.13. The van der Waals surface area contributed by atoms with Crippen molar-refractivity contribution in [3.63, 3.8) is 0 Å².